The van der Waals surface area contributed by atoms with Gasteiger partial charge in [-0.2, -0.15) is 0 Å². The standard InChI is InChI=1S/C25H25F2N3O3/c1-33-23-6-5-16(12-21(23)27)11-17-7-9-29-24(13-17)30(15-18(31)14-26)25(32)20-3-2-4-22-19(20)8-10-28-22/h2-7,9,12-13,18,28,31H,8,10-11,14-15H2,1H3/t18-/m0/s1. The number of hydrogen-bond acceptors (Lipinski definition) is 5. The normalized spacial score (nSPS) is 13.2. The Labute approximate surface area is 190 Å². The summed E-state index contributed by atoms with van der Waals surface area (Å²) in [4.78, 5) is 19.1. The van der Waals surface area contributed by atoms with Crippen molar-refractivity contribution in [2.75, 3.05) is 37.1 Å². The first kappa shape index (κ1) is 22.7. The van der Waals surface area contributed by atoms with Crippen molar-refractivity contribution in [1.29, 1.82) is 0 Å². The molecular weight excluding hydrogens is 428 g/mol. The van der Waals surface area contributed by atoms with Gasteiger partial charge in [0.25, 0.3) is 5.91 Å². The van der Waals surface area contributed by atoms with Gasteiger partial charge in [0, 0.05) is 24.0 Å². The van der Waals surface area contributed by atoms with Crippen LogP contribution in [0.4, 0.5) is 20.3 Å². The predicted octanol–water partition coefficient (Wildman–Crippen LogP) is 3.77. The zero-order valence-electron chi connectivity index (χ0n) is 18.2. The van der Waals surface area contributed by atoms with Crippen LogP contribution in [0.25, 0.3) is 0 Å². The molecule has 0 radical (unpaired) electrons. The number of anilines is 2. The Morgan fingerprint density at radius 2 is 2.06 bits per heavy atom. The highest BCUT2D eigenvalue weighted by Gasteiger charge is 2.26. The van der Waals surface area contributed by atoms with Crippen LogP contribution < -0.4 is 15.0 Å². The molecule has 0 bridgehead atoms. The number of pyridine rings is 1. The third-order valence-corrected chi connectivity index (χ3v) is 5.62. The fourth-order valence-electron chi connectivity index (χ4n) is 4.00. The minimum atomic E-state index is -1.34. The van der Waals surface area contributed by atoms with Crippen molar-refractivity contribution >= 4 is 17.4 Å². The summed E-state index contributed by atoms with van der Waals surface area (Å²) >= 11 is 0. The lowest BCUT2D eigenvalue weighted by atomic mass is 10.0. The number of nitrogens with one attached hydrogen (secondary N) is 1. The van der Waals surface area contributed by atoms with Crippen LogP contribution in [-0.4, -0.2) is 49.0 Å². The molecule has 0 saturated carbocycles. The number of amides is 1. The van der Waals surface area contributed by atoms with E-state index in [4.69, 9.17) is 4.74 Å². The van der Waals surface area contributed by atoms with Gasteiger partial charge in [-0.15, -0.1) is 0 Å². The third kappa shape index (κ3) is 4.96. The molecule has 8 heteroatoms. The van der Waals surface area contributed by atoms with Crippen LogP contribution in [0.1, 0.15) is 27.0 Å². The average Bonchev–Trinajstić information content (AvgIpc) is 3.31. The number of ether oxygens (including phenoxy) is 1. The van der Waals surface area contributed by atoms with Crippen molar-refractivity contribution in [2.45, 2.75) is 18.9 Å². The average molecular weight is 453 g/mol. The number of halogens is 2. The van der Waals surface area contributed by atoms with E-state index in [9.17, 15) is 18.7 Å². The Bertz CT molecular complexity index is 1160. The summed E-state index contributed by atoms with van der Waals surface area (Å²) in [7, 11) is 1.41. The van der Waals surface area contributed by atoms with Crippen molar-refractivity contribution in [3.8, 4) is 5.75 Å². The van der Waals surface area contributed by atoms with E-state index in [0.717, 1.165) is 28.9 Å². The minimum absolute atomic E-state index is 0.163. The number of fused-ring (bicyclic) bond motifs is 1. The largest absolute Gasteiger partial charge is 0.494 e. The van der Waals surface area contributed by atoms with Crippen LogP contribution in [-0.2, 0) is 12.8 Å². The number of hydrogen-bond donors (Lipinski definition) is 2. The second-order valence-corrected chi connectivity index (χ2v) is 7.90. The zero-order valence-corrected chi connectivity index (χ0v) is 18.2. The maximum Gasteiger partial charge on any atom is 0.259 e. The van der Waals surface area contributed by atoms with Crippen molar-refractivity contribution in [2.24, 2.45) is 0 Å². The molecule has 0 unspecified atom stereocenters. The highest BCUT2D eigenvalue weighted by atomic mass is 19.1. The summed E-state index contributed by atoms with van der Waals surface area (Å²) in [5.74, 6) is -0.361. The van der Waals surface area contributed by atoms with E-state index in [2.05, 4.69) is 10.3 Å². The molecule has 4 rings (SSSR count). The molecule has 172 valence electrons. The first-order valence-corrected chi connectivity index (χ1v) is 10.7. The van der Waals surface area contributed by atoms with Gasteiger partial charge in [0.05, 0.1) is 13.7 Å². The number of rotatable bonds is 8. The molecule has 6 nitrogen and oxygen atoms in total. The number of aromatic nitrogens is 1. The second-order valence-electron chi connectivity index (χ2n) is 7.90. The number of benzene rings is 2. The predicted molar refractivity (Wildman–Crippen MR) is 122 cm³/mol. The Hall–Kier alpha value is -3.52. The van der Waals surface area contributed by atoms with E-state index in [1.165, 1.54) is 18.1 Å². The zero-order chi connectivity index (χ0) is 23.4. The van der Waals surface area contributed by atoms with E-state index in [0.29, 0.717) is 24.2 Å². The molecule has 0 aliphatic carbocycles. The molecule has 2 heterocycles. The maximum atomic E-state index is 14.1. The van der Waals surface area contributed by atoms with Gasteiger partial charge in [-0.05, 0) is 65.9 Å². The lowest BCUT2D eigenvalue weighted by Gasteiger charge is -2.25. The molecule has 3 aromatic rings. The molecule has 0 spiro atoms. The van der Waals surface area contributed by atoms with Gasteiger partial charge < -0.3 is 15.2 Å². The number of methoxy groups -OCH3 is 1. The fraction of sp³-hybridized carbons (Fsp3) is 0.280. The number of carbonyl (C=O) groups is 1. The summed E-state index contributed by atoms with van der Waals surface area (Å²) < 4.78 is 32.2. The molecule has 1 atom stereocenters. The van der Waals surface area contributed by atoms with Gasteiger partial charge in [0.1, 0.15) is 18.6 Å². The van der Waals surface area contributed by atoms with E-state index in [-0.39, 0.29) is 18.2 Å². The van der Waals surface area contributed by atoms with Crippen LogP contribution in [0.2, 0.25) is 0 Å². The number of aliphatic hydroxyl groups excluding tert-OH is 1. The Balaban J connectivity index is 1.65. The molecule has 33 heavy (non-hydrogen) atoms. The highest BCUT2D eigenvalue weighted by molar-refractivity contribution is 6.07. The SMILES string of the molecule is COc1ccc(Cc2ccnc(N(C[C@@H](O)CF)C(=O)c3cccc4c3CCN4)c2)cc1F. The number of carbonyl (C=O) groups excluding carboxylic acids is 1. The van der Waals surface area contributed by atoms with Crippen LogP contribution >= 0.6 is 0 Å². The van der Waals surface area contributed by atoms with E-state index in [1.807, 2.05) is 6.07 Å². The molecule has 1 aromatic heterocycles. The maximum absolute atomic E-state index is 14.1. The summed E-state index contributed by atoms with van der Waals surface area (Å²) in [5, 5.41) is 13.2. The molecule has 1 amide bonds. The summed E-state index contributed by atoms with van der Waals surface area (Å²) in [6.07, 6.45) is 1.30. The van der Waals surface area contributed by atoms with Gasteiger partial charge >= 0.3 is 0 Å². The summed E-state index contributed by atoms with van der Waals surface area (Å²) in [5.41, 5.74) is 3.80. The van der Waals surface area contributed by atoms with E-state index in [1.54, 1.807) is 42.6 Å². The molecule has 0 saturated heterocycles. The molecule has 2 aromatic carbocycles. The first-order chi connectivity index (χ1) is 16.0. The fourth-order valence-corrected chi connectivity index (χ4v) is 4.00. The van der Waals surface area contributed by atoms with Crippen LogP contribution in [0.15, 0.2) is 54.7 Å². The summed E-state index contributed by atoms with van der Waals surface area (Å²) in [6, 6.07) is 13.6. The van der Waals surface area contributed by atoms with Crippen LogP contribution in [0.5, 0.6) is 5.75 Å². The number of alkyl halides is 1. The molecule has 0 fully saturated rings. The quantitative estimate of drug-likeness (QED) is 0.543. The third-order valence-electron chi connectivity index (χ3n) is 5.62. The minimum Gasteiger partial charge on any atom is -0.494 e. The topological polar surface area (TPSA) is 74.7 Å². The Morgan fingerprint density at radius 1 is 1.24 bits per heavy atom. The first-order valence-electron chi connectivity index (χ1n) is 10.7. The van der Waals surface area contributed by atoms with Crippen LogP contribution in [0, 0.1) is 5.82 Å². The lowest BCUT2D eigenvalue weighted by Crippen LogP contribution is -2.39. The van der Waals surface area contributed by atoms with Crippen molar-refractivity contribution < 1.29 is 23.4 Å². The molecular formula is C25H25F2N3O3. The number of aliphatic hydroxyl groups is 1. The summed E-state index contributed by atoms with van der Waals surface area (Å²) in [6.45, 7) is -0.484. The Morgan fingerprint density at radius 3 is 2.82 bits per heavy atom. The molecule has 1 aliphatic heterocycles. The van der Waals surface area contributed by atoms with Crippen molar-refractivity contribution in [1.82, 2.24) is 4.98 Å². The molecule has 2 N–H and O–H groups in total. The van der Waals surface area contributed by atoms with E-state index < -0.39 is 18.6 Å². The van der Waals surface area contributed by atoms with E-state index >= 15 is 0 Å². The highest BCUT2D eigenvalue weighted by Crippen LogP contribution is 2.28. The van der Waals surface area contributed by atoms with Gasteiger partial charge in [-0.3, -0.25) is 9.69 Å². The Kier molecular flexibility index (Phi) is 6.84. The van der Waals surface area contributed by atoms with Gasteiger partial charge in [-0.1, -0.05) is 12.1 Å². The van der Waals surface area contributed by atoms with Gasteiger partial charge in [-0.25, -0.2) is 13.8 Å². The monoisotopic (exact) mass is 453 g/mol. The van der Waals surface area contributed by atoms with Gasteiger partial charge in [0.2, 0.25) is 0 Å². The van der Waals surface area contributed by atoms with Gasteiger partial charge in [0.15, 0.2) is 11.6 Å². The molecule has 1 aliphatic rings. The van der Waals surface area contributed by atoms with Crippen LogP contribution in [0.3, 0.4) is 0 Å². The second kappa shape index (κ2) is 9.95. The van der Waals surface area contributed by atoms with Crippen molar-refractivity contribution in [3.63, 3.8) is 0 Å². The van der Waals surface area contributed by atoms with Crippen molar-refractivity contribution in [3.05, 3.63) is 82.8 Å². The lowest BCUT2D eigenvalue weighted by molar-refractivity contribution is 0.0945. The number of nitrogens with zero attached hydrogens (tertiary/aromatic N) is 2. The smallest absolute Gasteiger partial charge is 0.259 e.